The average Bonchev–Trinajstić information content (AvgIpc) is 2.87. The van der Waals surface area contributed by atoms with E-state index in [0.29, 0.717) is 11.1 Å². The van der Waals surface area contributed by atoms with Gasteiger partial charge >= 0.3 is 5.69 Å². The van der Waals surface area contributed by atoms with Gasteiger partial charge in [-0.15, -0.1) is 0 Å². The maximum Gasteiger partial charge on any atom is 0.331 e. The minimum Gasteiger partial charge on any atom is -0.494 e. The molecule has 1 atom stereocenters. The number of ether oxygens (including phenoxy) is 1. The molecule has 36 heavy (non-hydrogen) atoms. The van der Waals surface area contributed by atoms with E-state index in [1.807, 2.05) is 18.2 Å². The van der Waals surface area contributed by atoms with Crippen molar-refractivity contribution in [1.29, 1.82) is 0 Å². The molecule has 3 aromatic carbocycles. The fourth-order valence-electron chi connectivity index (χ4n) is 4.35. The molecule has 4 aromatic rings. The minimum absolute atomic E-state index is 0.0137. The first-order valence-corrected chi connectivity index (χ1v) is 11.5. The van der Waals surface area contributed by atoms with Crippen LogP contribution in [-0.4, -0.2) is 16.2 Å². The normalized spacial score (nSPS) is 11.9. The van der Waals surface area contributed by atoms with Crippen LogP contribution < -0.4 is 21.7 Å². The molecule has 186 valence electrons. The SMILES string of the molecule is COc1cccc(-c2c(C)n(Cc3c(C)cccc3F)c(=O)n(C[C@H](N)c3ccccc3)c2=O)c1F. The Morgan fingerprint density at radius 1 is 0.917 bits per heavy atom. The highest BCUT2D eigenvalue weighted by Gasteiger charge is 2.24. The second-order valence-electron chi connectivity index (χ2n) is 8.62. The first-order chi connectivity index (χ1) is 17.2. The van der Waals surface area contributed by atoms with E-state index in [4.69, 9.17) is 10.5 Å². The first kappa shape index (κ1) is 25.1. The molecule has 0 aliphatic carbocycles. The Morgan fingerprint density at radius 2 is 1.61 bits per heavy atom. The van der Waals surface area contributed by atoms with Crippen molar-refractivity contribution in [2.45, 2.75) is 33.0 Å². The number of halogens is 2. The molecule has 2 N–H and O–H groups in total. The van der Waals surface area contributed by atoms with Crippen LogP contribution in [0.2, 0.25) is 0 Å². The van der Waals surface area contributed by atoms with Gasteiger partial charge in [0.05, 0.1) is 25.8 Å². The number of benzene rings is 3. The van der Waals surface area contributed by atoms with Crippen LogP contribution in [0.25, 0.3) is 11.1 Å². The van der Waals surface area contributed by atoms with Crippen molar-refractivity contribution >= 4 is 0 Å². The summed E-state index contributed by atoms with van der Waals surface area (Å²) in [6.07, 6.45) is 0. The van der Waals surface area contributed by atoms with Crippen LogP contribution in [0.5, 0.6) is 5.75 Å². The quantitative estimate of drug-likeness (QED) is 0.418. The number of hydrogen-bond donors (Lipinski definition) is 1. The largest absolute Gasteiger partial charge is 0.494 e. The highest BCUT2D eigenvalue weighted by molar-refractivity contribution is 5.67. The molecule has 0 aliphatic heterocycles. The number of methoxy groups -OCH3 is 1. The van der Waals surface area contributed by atoms with Gasteiger partial charge < -0.3 is 10.5 Å². The van der Waals surface area contributed by atoms with Crippen LogP contribution in [0.4, 0.5) is 8.78 Å². The van der Waals surface area contributed by atoms with Crippen molar-refractivity contribution < 1.29 is 13.5 Å². The van der Waals surface area contributed by atoms with E-state index in [2.05, 4.69) is 0 Å². The van der Waals surface area contributed by atoms with E-state index in [1.165, 1.54) is 29.9 Å². The van der Waals surface area contributed by atoms with Gasteiger partial charge in [-0.05, 0) is 37.1 Å². The fraction of sp³-hybridized carbons (Fsp3) is 0.214. The van der Waals surface area contributed by atoms with Crippen molar-refractivity contribution in [1.82, 2.24) is 9.13 Å². The summed E-state index contributed by atoms with van der Waals surface area (Å²) in [7, 11) is 1.33. The van der Waals surface area contributed by atoms with Gasteiger partial charge in [0, 0.05) is 22.9 Å². The average molecular weight is 492 g/mol. The lowest BCUT2D eigenvalue weighted by atomic mass is 10.0. The Hall–Kier alpha value is -4.04. The van der Waals surface area contributed by atoms with Gasteiger partial charge in [-0.3, -0.25) is 13.9 Å². The minimum atomic E-state index is -0.730. The first-order valence-electron chi connectivity index (χ1n) is 11.5. The summed E-state index contributed by atoms with van der Waals surface area (Å²) in [6, 6.07) is 17.5. The molecule has 0 saturated carbocycles. The summed E-state index contributed by atoms with van der Waals surface area (Å²) in [5.74, 6) is -1.25. The second kappa shape index (κ2) is 10.3. The van der Waals surface area contributed by atoms with Crippen LogP contribution in [-0.2, 0) is 13.1 Å². The van der Waals surface area contributed by atoms with Crippen molar-refractivity contribution in [2.75, 3.05) is 7.11 Å². The predicted molar refractivity (Wildman–Crippen MR) is 135 cm³/mol. The molecule has 1 aromatic heterocycles. The van der Waals surface area contributed by atoms with Crippen molar-refractivity contribution in [3.8, 4) is 16.9 Å². The van der Waals surface area contributed by atoms with Crippen molar-refractivity contribution in [3.63, 3.8) is 0 Å². The van der Waals surface area contributed by atoms with Gasteiger partial charge in [-0.1, -0.05) is 54.6 Å². The third-order valence-corrected chi connectivity index (χ3v) is 6.42. The van der Waals surface area contributed by atoms with E-state index in [9.17, 15) is 14.0 Å². The zero-order chi connectivity index (χ0) is 26.0. The Bertz CT molecular complexity index is 1510. The Kier molecular flexibility index (Phi) is 7.17. The predicted octanol–water partition coefficient (Wildman–Crippen LogP) is 4.33. The molecule has 0 fully saturated rings. The lowest BCUT2D eigenvalue weighted by molar-refractivity contribution is 0.387. The zero-order valence-electron chi connectivity index (χ0n) is 20.3. The standard InChI is InChI=1S/C28H27F2N3O3/c1-17-9-7-13-22(29)21(17)15-32-18(2)25(20-12-8-14-24(36-3)26(20)30)27(34)33(28(32)35)16-23(31)19-10-5-4-6-11-19/h4-14,23H,15-16,31H2,1-3H3/t23-/m0/s1. The Morgan fingerprint density at radius 3 is 2.28 bits per heavy atom. The molecular formula is C28H27F2N3O3. The molecule has 0 amide bonds. The maximum atomic E-state index is 15.3. The maximum absolute atomic E-state index is 15.3. The van der Waals surface area contributed by atoms with Gasteiger partial charge in [0.2, 0.25) is 0 Å². The fourth-order valence-corrected chi connectivity index (χ4v) is 4.35. The molecule has 1 heterocycles. The number of aryl methyl sites for hydroxylation is 1. The molecular weight excluding hydrogens is 464 g/mol. The summed E-state index contributed by atoms with van der Waals surface area (Å²) in [4.78, 5) is 27.3. The summed E-state index contributed by atoms with van der Waals surface area (Å²) in [6.45, 7) is 3.01. The number of nitrogens with zero attached hydrogens (tertiary/aromatic N) is 2. The molecule has 8 heteroatoms. The summed E-state index contributed by atoms with van der Waals surface area (Å²) in [5.41, 5.74) is 6.88. The van der Waals surface area contributed by atoms with E-state index in [-0.39, 0.29) is 35.7 Å². The molecule has 4 rings (SSSR count). The molecule has 0 unspecified atom stereocenters. The Labute approximate surface area is 207 Å². The number of aromatic nitrogens is 2. The number of rotatable bonds is 7. The van der Waals surface area contributed by atoms with E-state index in [0.717, 1.165) is 10.1 Å². The van der Waals surface area contributed by atoms with Gasteiger partial charge in [0.1, 0.15) is 5.82 Å². The van der Waals surface area contributed by atoms with Gasteiger partial charge in [0.15, 0.2) is 11.6 Å². The second-order valence-corrected chi connectivity index (χ2v) is 8.62. The van der Waals surface area contributed by atoms with Crippen molar-refractivity contribution in [2.24, 2.45) is 5.73 Å². The molecule has 0 bridgehead atoms. The van der Waals surface area contributed by atoms with E-state index < -0.39 is 28.9 Å². The molecule has 6 nitrogen and oxygen atoms in total. The van der Waals surface area contributed by atoms with Crippen LogP contribution in [0, 0.1) is 25.5 Å². The van der Waals surface area contributed by atoms with Gasteiger partial charge in [-0.2, -0.15) is 0 Å². The zero-order valence-corrected chi connectivity index (χ0v) is 20.3. The smallest absolute Gasteiger partial charge is 0.331 e. The molecule has 0 spiro atoms. The van der Waals surface area contributed by atoms with Crippen LogP contribution >= 0.6 is 0 Å². The number of nitrogens with two attached hydrogens (primary N) is 1. The monoisotopic (exact) mass is 491 g/mol. The lowest BCUT2D eigenvalue weighted by Gasteiger charge is -2.21. The van der Waals surface area contributed by atoms with Crippen LogP contribution in [0.1, 0.15) is 28.4 Å². The summed E-state index contributed by atoms with van der Waals surface area (Å²) < 4.78 is 37.4. The topological polar surface area (TPSA) is 79.2 Å². The number of hydrogen-bond acceptors (Lipinski definition) is 4. The molecule has 0 saturated heterocycles. The summed E-state index contributed by atoms with van der Waals surface area (Å²) in [5, 5.41) is 0. The Balaban J connectivity index is 1.98. The highest BCUT2D eigenvalue weighted by atomic mass is 19.1. The highest BCUT2D eigenvalue weighted by Crippen LogP contribution is 2.29. The third-order valence-electron chi connectivity index (χ3n) is 6.42. The summed E-state index contributed by atoms with van der Waals surface area (Å²) >= 11 is 0. The molecule has 0 radical (unpaired) electrons. The van der Waals surface area contributed by atoms with Crippen molar-refractivity contribution in [3.05, 3.63) is 122 Å². The van der Waals surface area contributed by atoms with E-state index >= 15 is 4.39 Å². The van der Waals surface area contributed by atoms with Crippen LogP contribution in [0.15, 0.2) is 76.3 Å². The molecule has 0 aliphatic rings. The van der Waals surface area contributed by atoms with Gasteiger partial charge in [0.25, 0.3) is 5.56 Å². The van der Waals surface area contributed by atoms with Gasteiger partial charge in [-0.25, -0.2) is 13.6 Å². The van der Waals surface area contributed by atoms with Crippen LogP contribution in [0.3, 0.4) is 0 Å². The lowest BCUT2D eigenvalue weighted by Crippen LogP contribution is -2.44. The van der Waals surface area contributed by atoms with E-state index in [1.54, 1.807) is 44.2 Å². The third kappa shape index (κ3) is 4.59.